The van der Waals surface area contributed by atoms with Crippen LogP contribution in [0.3, 0.4) is 0 Å². The highest BCUT2D eigenvalue weighted by atomic mass is 35.5. The quantitative estimate of drug-likeness (QED) is 0.620. The first-order chi connectivity index (χ1) is 14.5. The summed E-state index contributed by atoms with van der Waals surface area (Å²) in [4.78, 5) is 28.2. The molecular formula is C21H24ClN5O3. The van der Waals surface area contributed by atoms with Gasteiger partial charge in [0.25, 0.3) is 0 Å². The molecule has 1 saturated heterocycles. The highest BCUT2D eigenvalue weighted by molar-refractivity contribution is 6.30. The molecule has 0 radical (unpaired) electrons. The average molecular weight is 430 g/mol. The fourth-order valence-electron chi connectivity index (χ4n) is 4.03. The van der Waals surface area contributed by atoms with E-state index in [1.165, 1.54) is 9.08 Å². The largest absolute Gasteiger partial charge is 0.481 e. The summed E-state index contributed by atoms with van der Waals surface area (Å²) in [5.74, 6) is -0.811. The number of carboxylic acids is 1. The molecule has 1 aromatic carbocycles. The molecule has 158 valence electrons. The number of piperazine rings is 1. The van der Waals surface area contributed by atoms with Crippen LogP contribution < -0.4 is 10.6 Å². The van der Waals surface area contributed by atoms with Crippen molar-refractivity contribution in [1.29, 1.82) is 0 Å². The lowest BCUT2D eigenvalue weighted by molar-refractivity contribution is -0.138. The average Bonchev–Trinajstić information content (AvgIpc) is 3.04. The Hall–Kier alpha value is -2.84. The van der Waals surface area contributed by atoms with E-state index >= 15 is 0 Å². The second kappa shape index (κ2) is 8.89. The summed E-state index contributed by atoms with van der Waals surface area (Å²) in [6.07, 6.45) is 2.50. The third-order valence-electron chi connectivity index (χ3n) is 5.49. The number of nitrogens with zero attached hydrogens (tertiary/aromatic N) is 5. The summed E-state index contributed by atoms with van der Waals surface area (Å²) in [6, 6.07) is 13.0. The van der Waals surface area contributed by atoms with Crippen LogP contribution in [0.4, 0.5) is 5.69 Å². The Morgan fingerprint density at radius 3 is 2.80 bits per heavy atom. The first-order valence-electron chi connectivity index (χ1n) is 10.0. The van der Waals surface area contributed by atoms with E-state index in [4.69, 9.17) is 11.6 Å². The third kappa shape index (κ3) is 4.49. The zero-order valence-corrected chi connectivity index (χ0v) is 17.3. The first-order valence-corrected chi connectivity index (χ1v) is 10.4. The van der Waals surface area contributed by atoms with Crippen molar-refractivity contribution in [2.75, 3.05) is 31.1 Å². The van der Waals surface area contributed by atoms with E-state index in [-0.39, 0.29) is 18.2 Å². The number of fused-ring (bicyclic) bond motifs is 1. The van der Waals surface area contributed by atoms with Crippen molar-refractivity contribution < 1.29 is 9.90 Å². The van der Waals surface area contributed by atoms with Crippen LogP contribution in [0.25, 0.3) is 5.65 Å². The Bertz CT molecular complexity index is 1100. The number of pyridine rings is 1. The molecule has 4 rings (SSSR count). The summed E-state index contributed by atoms with van der Waals surface area (Å²) < 4.78 is 3.00. The molecule has 1 aliphatic rings. The van der Waals surface area contributed by atoms with Gasteiger partial charge in [0, 0.05) is 55.7 Å². The van der Waals surface area contributed by atoms with Crippen LogP contribution in [0.2, 0.25) is 5.02 Å². The van der Waals surface area contributed by atoms with Gasteiger partial charge in [0.2, 0.25) is 0 Å². The van der Waals surface area contributed by atoms with Gasteiger partial charge in [-0.05, 0) is 36.8 Å². The zero-order chi connectivity index (χ0) is 21.1. The van der Waals surface area contributed by atoms with Crippen LogP contribution in [0.5, 0.6) is 0 Å². The lowest BCUT2D eigenvalue weighted by Gasteiger charge is -2.42. The Balaban J connectivity index is 1.40. The molecule has 0 saturated carbocycles. The fourth-order valence-corrected chi connectivity index (χ4v) is 4.21. The second-order valence-corrected chi connectivity index (χ2v) is 7.94. The molecule has 9 heteroatoms. The molecule has 3 heterocycles. The van der Waals surface area contributed by atoms with Crippen LogP contribution in [-0.2, 0) is 11.3 Å². The number of aromatic nitrogens is 3. The number of carbonyl (C=O) groups is 1. The number of aliphatic carboxylic acids is 1. The Morgan fingerprint density at radius 1 is 1.17 bits per heavy atom. The molecule has 2 aromatic heterocycles. The Kier molecular flexibility index (Phi) is 6.06. The van der Waals surface area contributed by atoms with Crippen molar-refractivity contribution in [3.05, 3.63) is 64.2 Å². The SMILES string of the molecule is O=C(O)CC1CN(c2cccc(Cl)c2)CCN1CCCn1nc2ccccn2c1=O. The maximum atomic E-state index is 12.4. The molecule has 1 aliphatic heterocycles. The van der Waals surface area contributed by atoms with Crippen molar-refractivity contribution in [2.45, 2.75) is 25.4 Å². The number of hydrogen-bond acceptors (Lipinski definition) is 5. The molecule has 30 heavy (non-hydrogen) atoms. The van der Waals surface area contributed by atoms with Gasteiger partial charge in [0.05, 0.1) is 6.42 Å². The highest BCUT2D eigenvalue weighted by Gasteiger charge is 2.28. The molecule has 1 fully saturated rings. The van der Waals surface area contributed by atoms with E-state index in [0.717, 1.165) is 25.2 Å². The van der Waals surface area contributed by atoms with Gasteiger partial charge in [-0.2, -0.15) is 0 Å². The number of rotatable bonds is 7. The van der Waals surface area contributed by atoms with Gasteiger partial charge in [-0.3, -0.25) is 14.1 Å². The highest BCUT2D eigenvalue weighted by Crippen LogP contribution is 2.23. The van der Waals surface area contributed by atoms with Crippen molar-refractivity contribution >= 4 is 28.9 Å². The molecule has 1 unspecified atom stereocenters. The third-order valence-corrected chi connectivity index (χ3v) is 5.73. The van der Waals surface area contributed by atoms with Gasteiger partial charge in [-0.25, -0.2) is 9.48 Å². The maximum Gasteiger partial charge on any atom is 0.350 e. The topological polar surface area (TPSA) is 83.1 Å². The van der Waals surface area contributed by atoms with Gasteiger partial charge in [-0.15, -0.1) is 5.10 Å². The lowest BCUT2D eigenvalue weighted by atomic mass is 10.1. The van der Waals surface area contributed by atoms with Gasteiger partial charge in [0.1, 0.15) is 0 Å². The summed E-state index contributed by atoms with van der Waals surface area (Å²) in [7, 11) is 0. The van der Waals surface area contributed by atoms with Crippen LogP contribution in [0.15, 0.2) is 53.5 Å². The normalized spacial score (nSPS) is 17.5. The molecular weight excluding hydrogens is 406 g/mol. The van der Waals surface area contributed by atoms with E-state index < -0.39 is 5.97 Å². The summed E-state index contributed by atoms with van der Waals surface area (Å²) >= 11 is 6.12. The van der Waals surface area contributed by atoms with E-state index in [0.29, 0.717) is 30.3 Å². The maximum absolute atomic E-state index is 12.4. The van der Waals surface area contributed by atoms with E-state index in [1.807, 2.05) is 30.3 Å². The zero-order valence-electron chi connectivity index (χ0n) is 16.5. The summed E-state index contributed by atoms with van der Waals surface area (Å²) in [5, 5.41) is 14.4. The molecule has 0 bridgehead atoms. The van der Waals surface area contributed by atoms with Gasteiger partial charge >= 0.3 is 11.7 Å². The number of aryl methyl sites for hydroxylation is 1. The number of carboxylic acid groups (broad SMARTS) is 1. The van der Waals surface area contributed by atoms with Gasteiger partial charge in [-0.1, -0.05) is 23.7 Å². The molecule has 1 N–H and O–H groups in total. The monoisotopic (exact) mass is 429 g/mol. The molecule has 0 spiro atoms. The Morgan fingerprint density at radius 2 is 2.03 bits per heavy atom. The number of benzene rings is 1. The summed E-state index contributed by atoms with van der Waals surface area (Å²) in [5.41, 5.74) is 1.48. The van der Waals surface area contributed by atoms with Crippen molar-refractivity contribution in [3.8, 4) is 0 Å². The fraction of sp³-hybridized carbons (Fsp3) is 0.381. The van der Waals surface area contributed by atoms with Crippen molar-refractivity contribution in [1.82, 2.24) is 19.1 Å². The first kappa shape index (κ1) is 20.4. The minimum Gasteiger partial charge on any atom is -0.481 e. The van der Waals surface area contributed by atoms with Crippen molar-refractivity contribution in [2.24, 2.45) is 0 Å². The van der Waals surface area contributed by atoms with Crippen LogP contribution >= 0.6 is 11.6 Å². The molecule has 3 aromatic rings. The van der Waals surface area contributed by atoms with Crippen LogP contribution in [0.1, 0.15) is 12.8 Å². The van der Waals surface area contributed by atoms with Gasteiger partial charge < -0.3 is 10.0 Å². The van der Waals surface area contributed by atoms with Crippen LogP contribution in [-0.4, -0.2) is 62.4 Å². The van der Waals surface area contributed by atoms with Crippen molar-refractivity contribution in [3.63, 3.8) is 0 Å². The lowest BCUT2D eigenvalue weighted by Crippen LogP contribution is -2.54. The minimum absolute atomic E-state index is 0.0748. The van der Waals surface area contributed by atoms with E-state index in [2.05, 4.69) is 14.9 Å². The number of anilines is 1. The second-order valence-electron chi connectivity index (χ2n) is 7.50. The van der Waals surface area contributed by atoms with Crippen LogP contribution in [0, 0.1) is 0 Å². The minimum atomic E-state index is -0.811. The number of hydrogen-bond donors (Lipinski definition) is 1. The predicted molar refractivity (Wildman–Crippen MR) is 115 cm³/mol. The predicted octanol–water partition coefficient (Wildman–Crippen LogP) is 2.21. The smallest absolute Gasteiger partial charge is 0.350 e. The molecule has 1 atom stereocenters. The standard InChI is InChI=1S/C21H24ClN5O3/c22-16-5-3-6-17(13-16)25-12-11-24(18(15-25)14-20(28)29)8-4-10-27-21(30)26-9-2-1-7-19(26)23-27/h1-3,5-7,9,13,18H,4,8,10-12,14-15H2,(H,28,29). The van der Waals surface area contributed by atoms with E-state index in [1.54, 1.807) is 18.3 Å². The van der Waals surface area contributed by atoms with Gasteiger partial charge in [0.15, 0.2) is 5.65 Å². The molecule has 0 amide bonds. The summed E-state index contributed by atoms with van der Waals surface area (Å²) in [6.45, 7) is 3.38. The molecule has 0 aliphatic carbocycles. The molecule has 8 nitrogen and oxygen atoms in total. The van der Waals surface area contributed by atoms with E-state index in [9.17, 15) is 14.7 Å². The Labute approximate surface area is 178 Å². The number of halogens is 1.